The van der Waals surface area contributed by atoms with E-state index in [1.807, 2.05) is 65.3 Å². The average molecular weight is 956 g/mol. The molecule has 0 fully saturated rings. The van der Waals surface area contributed by atoms with E-state index in [0.717, 1.165) is 55.6 Å². The minimum absolute atomic E-state index is 0. The fraction of sp³-hybridized carbons (Fsp3) is 0.348. The van der Waals surface area contributed by atoms with E-state index in [4.69, 9.17) is 20.8 Å². The molecule has 5 aromatic rings. The number of aryl methyl sites for hydroxylation is 4. The normalized spacial score (nSPS) is 14.2. The quantitative estimate of drug-likeness (QED) is 0.0873. The van der Waals surface area contributed by atoms with Gasteiger partial charge in [0.1, 0.15) is 11.6 Å². The van der Waals surface area contributed by atoms with Crippen molar-refractivity contribution < 1.29 is 68.6 Å². The van der Waals surface area contributed by atoms with Gasteiger partial charge < -0.3 is 48.5 Å². The number of halogens is 1. The fourth-order valence-electron chi connectivity index (χ4n) is 8.29. The summed E-state index contributed by atoms with van der Waals surface area (Å²) in [5.41, 5.74) is 19.2. The van der Waals surface area contributed by atoms with Gasteiger partial charge in [0.15, 0.2) is 12.2 Å². The number of fused-ring (bicyclic) bond motifs is 8. The summed E-state index contributed by atoms with van der Waals surface area (Å²) in [4.78, 5) is 62.8. The maximum atomic E-state index is 12.7. The van der Waals surface area contributed by atoms with Crippen LogP contribution in [0.1, 0.15) is 118 Å². The summed E-state index contributed by atoms with van der Waals surface area (Å²) < 4.78 is 2.11. The molecule has 7 heterocycles. The Balaban J connectivity index is 0.000000377. The van der Waals surface area contributed by atoms with Crippen LogP contribution in [0.5, 0.6) is 0 Å². The van der Waals surface area contributed by atoms with E-state index in [-0.39, 0.29) is 71.4 Å². The van der Waals surface area contributed by atoms with Gasteiger partial charge in [0, 0.05) is 83.3 Å². The van der Waals surface area contributed by atoms with Crippen LogP contribution in [0.3, 0.4) is 0 Å². The molecule has 8 N–H and O–H groups in total. The molecule has 0 aromatic carbocycles. The van der Waals surface area contributed by atoms with Crippen molar-refractivity contribution in [3.8, 4) is 0 Å². The molecule has 2 atom stereocenters. The number of carboxylic acids is 3. The number of anilines is 1. The molecule has 7 rings (SSSR count). The number of allylic oxidation sites excluding steroid dienone is 1. The van der Waals surface area contributed by atoms with Gasteiger partial charge in [-0.2, -0.15) is 4.57 Å². The van der Waals surface area contributed by atoms with Crippen LogP contribution in [0.25, 0.3) is 39.3 Å². The molecule has 0 saturated carbocycles. The van der Waals surface area contributed by atoms with E-state index in [2.05, 4.69) is 31.1 Å². The van der Waals surface area contributed by atoms with Crippen LogP contribution < -0.4 is 22.7 Å². The minimum Gasteiger partial charge on any atom is -1.00 e. The van der Waals surface area contributed by atoms with Crippen molar-refractivity contribution in [2.24, 2.45) is 0 Å². The first-order valence-corrected chi connectivity index (χ1v) is 21.3. The Bertz CT molecular complexity index is 2830. The smallest absolute Gasteiger partial charge is 1.00 e. The molecule has 1 radical (unpaired) electrons. The van der Waals surface area contributed by atoms with Crippen LogP contribution in [0.4, 0.5) is 5.82 Å². The van der Waals surface area contributed by atoms with Crippen molar-refractivity contribution in [3.05, 3.63) is 109 Å². The number of aromatic amines is 2. The Hall–Kier alpha value is -5.72. The molecule has 0 saturated heterocycles. The predicted molar refractivity (Wildman–Crippen MR) is 240 cm³/mol. The summed E-state index contributed by atoms with van der Waals surface area (Å²) >= 11 is 1.65. The number of aliphatic hydroxyl groups is 1. The number of aliphatic carboxylic acids is 3. The van der Waals surface area contributed by atoms with Gasteiger partial charge in [-0.05, 0) is 81.0 Å². The molecule has 64 heavy (non-hydrogen) atoms. The first-order chi connectivity index (χ1) is 29.5. The largest absolute Gasteiger partial charge is 2.00 e. The number of carbonyl (C=O) groups is 3. The molecule has 0 aliphatic carbocycles. The van der Waals surface area contributed by atoms with Crippen molar-refractivity contribution >= 4 is 74.4 Å². The molecule has 0 spiro atoms. The molecule has 339 valence electrons. The Morgan fingerprint density at radius 3 is 2.23 bits per heavy atom. The summed E-state index contributed by atoms with van der Waals surface area (Å²) in [6.07, 6.45) is 4.50. The maximum absolute atomic E-state index is 12.7. The summed E-state index contributed by atoms with van der Waals surface area (Å²) in [6, 6.07) is 5.75. The van der Waals surface area contributed by atoms with E-state index in [1.54, 1.807) is 30.5 Å². The van der Waals surface area contributed by atoms with Crippen LogP contribution in [-0.4, -0.2) is 74.8 Å². The molecule has 18 heteroatoms. The van der Waals surface area contributed by atoms with E-state index in [9.17, 15) is 29.7 Å². The number of nitrogens with zero attached hydrogens (tertiary/aromatic N) is 5. The van der Waals surface area contributed by atoms with Crippen LogP contribution in [-0.2, 0) is 57.0 Å². The first-order valence-electron chi connectivity index (χ1n) is 20.4. The number of nitrogen functional groups attached to an aromatic ring is 1. The second-order valence-corrected chi connectivity index (χ2v) is 16.6. The summed E-state index contributed by atoms with van der Waals surface area (Å²) in [6.45, 7) is 18.4. The number of hydrogen-bond donors (Lipinski definition) is 7. The number of aliphatic hydroxyl groups excluding tert-OH is 1. The molecular formula is C46H53ClCoN8O7S+2. The zero-order valence-corrected chi connectivity index (χ0v) is 39.3. The Kier molecular flexibility index (Phi) is 16.9. The number of carboxylic acid groups (broad SMARTS) is 3. The molecule has 2 aliphatic rings. The van der Waals surface area contributed by atoms with Crippen molar-refractivity contribution in [2.45, 2.75) is 99.0 Å². The van der Waals surface area contributed by atoms with Crippen LogP contribution >= 0.6 is 11.3 Å². The van der Waals surface area contributed by atoms with Gasteiger partial charge in [0.2, 0.25) is 5.51 Å². The van der Waals surface area contributed by atoms with Crippen LogP contribution in [0, 0.1) is 27.7 Å². The number of nitrogens with one attached hydrogen (secondary N) is 2. The van der Waals surface area contributed by atoms with Gasteiger partial charge >= 0.3 is 34.7 Å². The fourth-order valence-corrected chi connectivity index (χ4v) is 9.28. The van der Waals surface area contributed by atoms with Crippen molar-refractivity contribution in [3.63, 3.8) is 0 Å². The first kappa shape index (κ1) is 50.9. The third kappa shape index (κ3) is 10.4. The number of hydrogen-bond acceptors (Lipinski definition) is 10. The number of H-pyrrole nitrogens is 2. The maximum Gasteiger partial charge on any atom is 2.00 e. The SMILES string of the molecule is C=Cc1c(C)c2cc3nc(c(CC(=O)O)c4nc(cc5[nH]c(cc1[nH]2)c(C)c5CC)C(C)=C4C(=O)O)[C@@H](CCC(=O)O)[C@@H]3C.Cc1ncc(C[n+]2csc(CCO)c2C)c(N)n1.[Cl-].[Co+2]. The zero-order chi connectivity index (χ0) is 45.2. The van der Waals surface area contributed by atoms with Crippen molar-refractivity contribution in [2.75, 3.05) is 12.3 Å². The molecule has 5 aromatic heterocycles. The number of rotatable bonds is 12. The minimum atomic E-state index is -1.23. The van der Waals surface area contributed by atoms with E-state index in [0.29, 0.717) is 53.7 Å². The van der Waals surface area contributed by atoms with Gasteiger partial charge in [0.25, 0.3) is 0 Å². The second kappa shape index (κ2) is 21.3. The molecule has 2 aliphatic heterocycles. The summed E-state index contributed by atoms with van der Waals surface area (Å²) in [5.74, 6) is -2.91. The van der Waals surface area contributed by atoms with Crippen molar-refractivity contribution in [1.29, 1.82) is 0 Å². The van der Waals surface area contributed by atoms with Gasteiger partial charge in [-0.25, -0.2) is 19.7 Å². The van der Waals surface area contributed by atoms with Crippen LogP contribution in [0.2, 0.25) is 0 Å². The second-order valence-electron chi connectivity index (χ2n) is 15.6. The zero-order valence-electron chi connectivity index (χ0n) is 36.7. The molecule has 15 nitrogen and oxygen atoms in total. The van der Waals surface area contributed by atoms with E-state index >= 15 is 0 Å². The summed E-state index contributed by atoms with van der Waals surface area (Å²) in [7, 11) is 0. The molecular weight excluding hydrogens is 903 g/mol. The number of thiazole rings is 1. The van der Waals surface area contributed by atoms with Crippen molar-refractivity contribution in [1.82, 2.24) is 29.9 Å². The topological polar surface area (TPSA) is 245 Å². The molecule has 0 amide bonds. The number of aromatic nitrogens is 7. The predicted octanol–water partition coefficient (Wildman–Crippen LogP) is 4.14. The number of nitrogens with two attached hydrogens (primary N) is 1. The third-order valence-corrected chi connectivity index (χ3v) is 12.9. The molecule has 8 bridgehead atoms. The monoisotopic (exact) mass is 955 g/mol. The van der Waals surface area contributed by atoms with Gasteiger partial charge in [-0.1, -0.05) is 37.8 Å². The van der Waals surface area contributed by atoms with Gasteiger partial charge in [-0.15, -0.1) is 0 Å². The Morgan fingerprint density at radius 2 is 1.62 bits per heavy atom. The van der Waals surface area contributed by atoms with E-state index < -0.39 is 30.2 Å². The van der Waals surface area contributed by atoms with Crippen LogP contribution in [0.15, 0.2) is 36.5 Å². The average Bonchev–Trinajstić information content (AvgIpc) is 3.98. The Morgan fingerprint density at radius 1 is 0.938 bits per heavy atom. The summed E-state index contributed by atoms with van der Waals surface area (Å²) in [5, 5.41) is 38.8. The standard InChI is InChI=1S/C34H36N4O6.C12H17N4OS.ClH.Co/c1-7-19-15(3)23-12-25-17(5)21(9-10-29(39)40)32(37-25)22(11-30(41)42)33-31(34(43)44)18(6)26(38-33)14-28-20(8-2)16(4)24(36-28)13-27(19)35-23;1-8-11(3-4-17)18-7-16(8)6-10-5-14-9(2)15-12(10)13;;/h7,12-14,17,21,35-36H,1,8-11H2,2-6H3,(H,39,40)(H,41,42)(H,43,44);5,7,17H,3-4,6H2,1-2H3,(H2,13,14,15);1H;/q;+1;;+2/p-1/t17-,21-;;;/m0.../s1. The van der Waals surface area contributed by atoms with E-state index in [1.165, 1.54) is 4.88 Å². The van der Waals surface area contributed by atoms with Gasteiger partial charge in [0.05, 0.1) is 39.5 Å². The molecule has 0 unspecified atom stereocenters. The Labute approximate surface area is 391 Å². The van der Waals surface area contributed by atoms with Gasteiger partial charge in [-0.3, -0.25) is 14.6 Å². The third-order valence-electron chi connectivity index (χ3n) is 11.8.